The Morgan fingerprint density at radius 3 is 2.33 bits per heavy atom. The van der Waals surface area contributed by atoms with E-state index >= 15 is 0 Å². The Balaban J connectivity index is 1.38. The molecule has 3 heteroatoms. The molecule has 124 valence electrons. The summed E-state index contributed by atoms with van der Waals surface area (Å²) in [5.74, 6) is 0.626. The normalized spacial score (nSPS) is 20.6. The third kappa shape index (κ3) is 3.22. The lowest BCUT2D eigenvalue weighted by Gasteiger charge is -2.23. The third-order valence-electron chi connectivity index (χ3n) is 5.33. The number of fused-ring (bicyclic) bond motifs is 1. The van der Waals surface area contributed by atoms with Crippen molar-refractivity contribution in [3.05, 3.63) is 70.8 Å². The molecule has 2 N–H and O–H groups in total. The van der Waals surface area contributed by atoms with Gasteiger partial charge in [-0.25, -0.2) is 0 Å². The van der Waals surface area contributed by atoms with Crippen molar-refractivity contribution in [1.29, 1.82) is 0 Å². The monoisotopic (exact) mass is 320 g/mol. The van der Waals surface area contributed by atoms with Crippen molar-refractivity contribution in [2.24, 2.45) is 0 Å². The van der Waals surface area contributed by atoms with Gasteiger partial charge in [0.05, 0.1) is 0 Å². The van der Waals surface area contributed by atoms with Crippen LogP contribution < -0.4 is 10.6 Å². The second-order valence-corrected chi connectivity index (χ2v) is 7.01. The van der Waals surface area contributed by atoms with Crippen molar-refractivity contribution in [3.8, 4) is 0 Å². The summed E-state index contributed by atoms with van der Waals surface area (Å²) in [4.78, 5) is 12.5. The van der Waals surface area contributed by atoms with Gasteiger partial charge in [-0.3, -0.25) is 4.79 Å². The predicted molar refractivity (Wildman–Crippen MR) is 96.4 cm³/mol. The molecule has 1 aliphatic heterocycles. The van der Waals surface area contributed by atoms with E-state index in [0.29, 0.717) is 5.92 Å². The first-order valence-electron chi connectivity index (χ1n) is 8.98. The van der Waals surface area contributed by atoms with Gasteiger partial charge >= 0.3 is 0 Å². The number of nitrogens with one attached hydrogen (secondary N) is 2. The molecular formula is C21H24N2O. The maximum absolute atomic E-state index is 12.5. The Morgan fingerprint density at radius 1 is 1.00 bits per heavy atom. The Kier molecular flexibility index (Phi) is 4.35. The van der Waals surface area contributed by atoms with E-state index in [-0.39, 0.29) is 11.9 Å². The van der Waals surface area contributed by atoms with Crippen LogP contribution in [-0.4, -0.2) is 25.0 Å². The number of benzene rings is 2. The van der Waals surface area contributed by atoms with Crippen molar-refractivity contribution in [1.82, 2.24) is 10.6 Å². The summed E-state index contributed by atoms with van der Waals surface area (Å²) in [5.41, 5.74) is 4.83. The van der Waals surface area contributed by atoms with Gasteiger partial charge in [0.15, 0.2) is 0 Å². The fourth-order valence-corrected chi connectivity index (χ4v) is 3.97. The number of hydrogen-bond acceptors (Lipinski definition) is 2. The molecule has 0 aromatic heterocycles. The van der Waals surface area contributed by atoms with Crippen LogP contribution in [0.15, 0.2) is 48.5 Å². The van der Waals surface area contributed by atoms with Gasteiger partial charge < -0.3 is 10.6 Å². The lowest BCUT2D eigenvalue weighted by atomic mass is 9.91. The van der Waals surface area contributed by atoms with E-state index in [1.807, 2.05) is 12.1 Å². The van der Waals surface area contributed by atoms with E-state index in [9.17, 15) is 4.79 Å². The minimum Gasteiger partial charge on any atom is -0.349 e. The Labute approximate surface area is 143 Å². The lowest BCUT2D eigenvalue weighted by Crippen LogP contribution is -2.35. The van der Waals surface area contributed by atoms with Crippen LogP contribution in [0.3, 0.4) is 0 Å². The van der Waals surface area contributed by atoms with Gasteiger partial charge in [-0.2, -0.15) is 0 Å². The molecule has 1 atom stereocenters. The molecule has 24 heavy (non-hydrogen) atoms. The molecule has 0 saturated carbocycles. The van der Waals surface area contributed by atoms with Crippen molar-refractivity contribution in [3.63, 3.8) is 0 Å². The molecule has 1 fully saturated rings. The van der Waals surface area contributed by atoms with Crippen molar-refractivity contribution < 1.29 is 4.79 Å². The van der Waals surface area contributed by atoms with Gasteiger partial charge in [-0.15, -0.1) is 0 Å². The van der Waals surface area contributed by atoms with E-state index in [4.69, 9.17) is 0 Å². The summed E-state index contributed by atoms with van der Waals surface area (Å²) in [6.07, 6.45) is 4.34. The minimum absolute atomic E-state index is 0.0427. The zero-order valence-corrected chi connectivity index (χ0v) is 13.9. The molecule has 2 aromatic carbocycles. The number of hydrogen-bond donors (Lipinski definition) is 2. The van der Waals surface area contributed by atoms with Crippen LogP contribution in [0.1, 0.15) is 45.8 Å². The van der Waals surface area contributed by atoms with Crippen LogP contribution in [0.5, 0.6) is 0 Å². The van der Waals surface area contributed by atoms with Crippen molar-refractivity contribution in [2.45, 2.75) is 37.6 Å². The van der Waals surface area contributed by atoms with Crippen LogP contribution in [0, 0.1) is 0 Å². The first-order valence-corrected chi connectivity index (χ1v) is 8.98. The summed E-state index contributed by atoms with van der Waals surface area (Å²) in [5, 5.41) is 6.64. The first-order chi connectivity index (χ1) is 11.8. The summed E-state index contributed by atoms with van der Waals surface area (Å²) in [7, 11) is 0. The molecule has 1 saturated heterocycles. The predicted octanol–water partition coefficient (Wildman–Crippen LogP) is 3.05. The molecule has 0 radical (unpaired) electrons. The first kappa shape index (κ1) is 15.4. The van der Waals surface area contributed by atoms with E-state index in [0.717, 1.165) is 31.5 Å². The topological polar surface area (TPSA) is 41.1 Å². The van der Waals surface area contributed by atoms with Gasteiger partial charge in [0, 0.05) is 18.2 Å². The maximum Gasteiger partial charge on any atom is 0.251 e. The SMILES string of the molecule is O=C(NC1Cc2ccccc2C1)c1ccc([C@@H]2CCCNC2)cc1. The largest absolute Gasteiger partial charge is 0.349 e. The molecule has 0 unspecified atom stereocenters. The van der Waals surface area contributed by atoms with Gasteiger partial charge in [0.2, 0.25) is 0 Å². The highest BCUT2D eigenvalue weighted by Crippen LogP contribution is 2.24. The number of piperidine rings is 1. The second-order valence-electron chi connectivity index (χ2n) is 7.01. The quantitative estimate of drug-likeness (QED) is 0.912. The van der Waals surface area contributed by atoms with E-state index in [1.54, 1.807) is 0 Å². The van der Waals surface area contributed by atoms with Crippen LogP contribution in [0.25, 0.3) is 0 Å². The van der Waals surface area contributed by atoms with Gasteiger partial charge in [0.1, 0.15) is 0 Å². The fourth-order valence-electron chi connectivity index (χ4n) is 3.97. The Hall–Kier alpha value is -2.13. The molecule has 1 amide bonds. The molecule has 0 bridgehead atoms. The van der Waals surface area contributed by atoms with Gasteiger partial charge in [-0.05, 0) is 67.0 Å². The van der Waals surface area contributed by atoms with Crippen molar-refractivity contribution >= 4 is 5.91 Å². The molecule has 1 aliphatic carbocycles. The van der Waals surface area contributed by atoms with Crippen LogP contribution in [0.4, 0.5) is 0 Å². The van der Waals surface area contributed by atoms with Crippen LogP contribution >= 0.6 is 0 Å². The standard InChI is InChI=1S/C21H24N2O/c24-21(23-20-12-17-4-1-2-5-18(17)13-20)16-9-7-15(8-10-16)19-6-3-11-22-14-19/h1-2,4-5,7-10,19-20,22H,3,6,11-14H2,(H,23,24)/t19-/m1/s1. The average molecular weight is 320 g/mol. The highest BCUT2D eigenvalue weighted by Gasteiger charge is 2.23. The zero-order valence-electron chi connectivity index (χ0n) is 13.9. The molecule has 2 aliphatic rings. The average Bonchev–Trinajstić information content (AvgIpc) is 3.05. The van der Waals surface area contributed by atoms with E-state index < -0.39 is 0 Å². The number of amides is 1. The van der Waals surface area contributed by atoms with E-state index in [1.165, 1.54) is 29.5 Å². The molecule has 0 spiro atoms. The van der Waals surface area contributed by atoms with Gasteiger partial charge in [0.25, 0.3) is 5.91 Å². The molecule has 1 heterocycles. The number of carbonyl (C=O) groups excluding carboxylic acids is 1. The summed E-state index contributed by atoms with van der Waals surface area (Å²) in [6.45, 7) is 2.17. The fraction of sp³-hybridized carbons (Fsp3) is 0.381. The van der Waals surface area contributed by atoms with Gasteiger partial charge in [-0.1, -0.05) is 36.4 Å². The summed E-state index contributed by atoms with van der Waals surface area (Å²) >= 11 is 0. The zero-order chi connectivity index (χ0) is 16.4. The third-order valence-corrected chi connectivity index (χ3v) is 5.33. The molecule has 2 aromatic rings. The van der Waals surface area contributed by atoms with E-state index in [2.05, 4.69) is 47.0 Å². The second kappa shape index (κ2) is 6.78. The van der Waals surface area contributed by atoms with Crippen LogP contribution in [0.2, 0.25) is 0 Å². The summed E-state index contributed by atoms with van der Waals surface area (Å²) in [6, 6.07) is 16.9. The maximum atomic E-state index is 12.5. The Bertz CT molecular complexity index is 692. The Morgan fingerprint density at radius 2 is 1.71 bits per heavy atom. The highest BCUT2D eigenvalue weighted by molar-refractivity contribution is 5.94. The molecule has 4 rings (SSSR count). The summed E-state index contributed by atoms with van der Waals surface area (Å²) < 4.78 is 0. The smallest absolute Gasteiger partial charge is 0.251 e. The highest BCUT2D eigenvalue weighted by atomic mass is 16.1. The van der Waals surface area contributed by atoms with Crippen LogP contribution in [-0.2, 0) is 12.8 Å². The van der Waals surface area contributed by atoms with Crippen molar-refractivity contribution in [2.75, 3.05) is 13.1 Å². The molecular weight excluding hydrogens is 296 g/mol. The minimum atomic E-state index is 0.0427. The lowest BCUT2D eigenvalue weighted by molar-refractivity contribution is 0.0938. The number of rotatable bonds is 3. The molecule has 3 nitrogen and oxygen atoms in total. The number of carbonyl (C=O) groups is 1.